The molecule has 0 spiro atoms. The Morgan fingerprint density at radius 2 is 1.78 bits per heavy atom. The van der Waals surface area contributed by atoms with Crippen molar-refractivity contribution in [3.8, 4) is 0 Å². The lowest BCUT2D eigenvalue weighted by Gasteiger charge is -2.31. The Hall–Kier alpha value is -1.17. The molecule has 1 aromatic carbocycles. The Morgan fingerprint density at radius 3 is 2.28 bits per heavy atom. The van der Waals surface area contributed by atoms with Gasteiger partial charge < -0.3 is 5.32 Å². The normalized spacial score (nSPS) is 25.2. The maximum Gasteiger partial charge on any atom is 0.393 e. The van der Waals surface area contributed by atoms with Gasteiger partial charge in [-0.3, -0.25) is 0 Å². The molecule has 18 heavy (non-hydrogen) atoms. The van der Waals surface area contributed by atoms with Crippen LogP contribution in [0.5, 0.6) is 0 Å². The number of alkyl halides is 3. The van der Waals surface area contributed by atoms with E-state index in [9.17, 15) is 22.0 Å². The Labute approximate surface area is 101 Å². The number of hydrogen-bond donors (Lipinski definition) is 1. The first kappa shape index (κ1) is 13.3. The van der Waals surface area contributed by atoms with Gasteiger partial charge in [0.1, 0.15) is 0 Å². The van der Waals surface area contributed by atoms with E-state index in [1.807, 2.05) is 0 Å². The summed E-state index contributed by atoms with van der Waals surface area (Å²) >= 11 is 0. The van der Waals surface area contributed by atoms with E-state index >= 15 is 0 Å². The van der Waals surface area contributed by atoms with Gasteiger partial charge >= 0.3 is 6.18 Å². The average Bonchev–Trinajstić information content (AvgIpc) is 2.32. The summed E-state index contributed by atoms with van der Waals surface area (Å²) in [6, 6.07) is 3.06. The molecule has 1 aliphatic heterocycles. The highest BCUT2D eigenvalue weighted by molar-refractivity contribution is 5.21. The van der Waals surface area contributed by atoms with E-state index in [-0.39, 0.29) is 25.4 Å². The lowest BCUT2D eigenvalue weighted by atomic mass is 9.90. The monoisotopic (exact) mass is 265 g/mol. The molecule has 1 heterocycles. The molecule has 100 valence electrons. The van der Waals surface area contributed by atoms with E-state index < -0.39 is 23.7 Å². The van der Waals surface area contributed by atoms with Gasteiger partial charge in [-0.2, -0.15) is 13.2 Å². The molecule has 2 unspecified atom stereocenters. The fraction of sp³-hybridized carbons (Fsp3) is 0.500. The van der Waals surface area contributed by atoms with E-state index in [2.05, 4.69) is 5.32 Å². The van der Waals surface area contributed by atoms with Crippen LogP contribution in [0.1, 0.15) is 24.4 Å². The van der Waals surface area contributed by atoms with Crippen molar-refractivity contribution in [1.82, 2.24) is 5.32 Å². The zero-order valence-corrected chi connectivity index (χ0v) is 9.40. The highest BCUT2D eigenvalue weighted by Gasteiger charge is 2.41. The zero-order valence-electron chi connectivity index (χ0n) is 9.40. The minimum Gasteiger partial charge on any atom is -0.309 e. The van der Waals surface area contributed by atoms with Crippen LogP contribution in [0.25, 0.3) is 0 Å². The molecular weight excluding hydrogens is 253 g/mol. The molecule has 1 fully saturated rings. The number of benzene rings is 1. The predicted octanol–water partition coefficient (Wildman–Crippen LogP) is 3.57. The summed E-state index contributed by atoms with van der Waals surface area (Å²) < 4.78 is 63.1. The van der Waals surface area contributed by atoms with Crippen LogP contribution in [-0.4, -0.2) is 12.7 Å². The van der Waals surface area contributed by atoms with Crippen LogP contribution >= 0.6 is 0 Å². The minimum absolute atomic E-state index is 0.000161. The van der Waals surface area contributed by atoms with Crippen molar-refractivity contribution in [1.29, 1.82) is 0 Å². The highest BCUT2D eigenvalue weighted by Crippen LogP contribution is 2.35. The fourth-order valence-electron chi connectivity index (χ4n) is 2.15. The summed E-state index contributed by atoms with van der Waals surface area (Å²) in [5.41, 5.74) is 0.481. The Bertz CT molecular complexity index is 421. The molecule has 0 amide bonds. The maximum atomic E-state index is 13.0. The molecule has 1 nitrogen and oxygen atoms in total. The molecule has 1 N–H and O–H groups in total. The Morgan fingerprint density at radius 1 is 1.06 bits per heavy atom. The first-order chi connectivity index (χ1) is 8.38. The minimum atomic E-state index is -4.20. The van der Waals surface area contributed by atoms with E-state index in [0.717, 1.165) is 12.1 Å². The van der Waals surface area contributed by atoms with Crippen LogP contribution in [0.2, 0.25) is 0 Å². The zero-order chi connectivity index (χ0) is 13.3. The van der Waals surface area contributed by atoms with Crippen LogP contribution in [0.3, 0.4) is 0 Å². The van der Waals surface area contributed by atoms with E-state index in [0.29, 0.717) is 5.56 Å². The Balaban J connectivity index is 2.03. The number of hydrogen-bond acceptors (Lipinski definition) is 1. The molecule has 1 aliphatic rings. The van der Waals surface area contributed by atoms with Gasteiger partial charge in [0, 0.05) is 12.6 Å². The third-order valence-electron chi connectivity index (χ3n) is 3.22. The summed E-state index contributed by atoms with van der Waals surface area (Å²) in [4.78, 5) is 0. The van der Waals surface area contributed by atoms with Crippen LogP contribution in [0.15, 0.2) is 18.2 Å². The van der Waals surface area contributed by atoms with Gasteiger partial charge in [-0.05, 0) is 30.5 Å². The van der Waals surface area contributed by atoms with Gasteiger partial charge in [0.2, 0.25) is 0 Å². The molecule has 0 saturated carbocycles. The second kappa shape index (κ2) is 4.84. The van der Waals surface area contributed by atoms with Crippen molar-refractivity contribution in [2.45, 2.75) is 25.1 Å². The fourth-order valence-corrected chi connectivity index (χ4v) is 2.15. The van der Waals surface area contributed by atoms with E-state index in [1.54, 1.807) is 0 Å². The third kappa shape index (κ3) is 2.80. The van der Waals surface area contributed by atoms with Crippen molar-refractivity contribution < 1.29 is 22.0 Å². The van der Waals surface area contributed by atoms with Crippen molar-refractivity contribution >= 4 is 0 Å². The molecule has 2 rings (SSSR count). The maximum absolute atomic E-state index is 13.0. The molecule has 2 atom stereocenters. The highest BCUT2D eigenvalue weighted by atomic mass is 19.4. The van der Waals surface area contributed by atoms with Crippen LogP contribution in [0.4, 0.5) is 22.0 Å². The van der Waals surface area contributed by atoms with Crippen molar-refractivity contribution in [2.24, 2.45) is 5.92 Å². The summed E-state index contributed by atoms with van der Waals surface area (Å²) in [6.07, 6.45) is -3.94. The molecule has 1 aromatic rings. The largest absolute Gasteiger partial charge is 0.393 e. The molecule has 6 heteroatoms. The van der Waals surface area contributed by atoms with E-state index in [1.165, 1.54) is 6.07 Å². The molecule has 0 radical (unpaired) electrons. The van der Waals surface area contributed by atoms with Gasteiger partial charge in [0.05, 0.1) is 5.92 Å². The smallest absolute Gasteiger partial charge is 0.309 e. The average molecular weight is 265 g/mol. The SMILES string of the molecule is Fc1ccc(C2CCC(C(F)(F)F)CN2)cc1F. The van der Waals surface area contributed by atoms with Gasteiger partial charge in [-0.25, -0.2) is 8.78 Å². The first-order valence-electron chi connectivity index (χ1n) is 5.63. The van der Waals surface area contributed by atoms with Gasteiger partial charge in [0.25, 0.3) is 0 Å². The van der Waals surface area contributed by atoms with Gasteiger partial charge in [-0.15, -0.1) is 0 Å². The third-order valence-corrected chi connectivity index (χ3v) is 3.22. The van der Waals surface area contributed by atoms with Gasteiger partial charge in [0.15, 0.2) is 11.6 Å². The van der Waals surface area contributed by atoms with Crippen LogP contribution in [-0.2, 0) is 0 Å². The summed E-state index contributed by atoms with van der Waals surface area (Å²) in [5.74, 6) is -3.30. The standard InChI is InChI=1S/C12H12F5N/c13-9-3-1-7(5-10(9)14)11-4-2-8(6-18-11)12(15,16)17/h1,3,5,8,11,18H,2,4,6H2. The van der Waals surface area contributed by atoms with Crippen LogP contribution < -0.4 is 5.32 Å². The second-order valence-corrected chi connectivity index (χ2v) is 4.45. The molecule has 0 aliphatic carbocycles. The Kier molecular flexibility index (Phi) is 3.56. The lowest BCUT2D eigenvalue weighted by molar-refractivity contribution is -0.179. The van der Waals surface area contributed by atoms with Gasteiger partial charge in [-0.1, -0.05) is 6.07 Å². The number of nitrogens with one attached hydrogen (secondary N) is 1. The number of rotatable bonds is 1. The predicted molar refractivity (Wildman–Crippen MR) is 55.9 cm³/mol. The van der Waals surface area contributed by atoms with Crippen molar-refractivity contribution in [3.63, 3.8) is 0 Å². The lowest BCUT2D eigenvalue weighted by Crippen LogP contribution is -2.40. The first-order valence-corrected chi connectivity index (χ1v) is 5.63. The van der Waals surface area contributed by atoms with Crippen molar-refractivity contribution in [3.05, 3.63) is 35.4 Å². The topological polar surface area (TPSA) is 12.0 Å². The summed E-state index contributed by atoms with van der Waals surface area (Å²) in [6.45, 7) is -0.187. The molecule has 1 saturated heterocycles. The van der Waals surface area contributed by atoms with Crippen LogP contribution in [0, 0.1) is 17.6 Å². The van der Waals surface area contributed by atoms with E-state index in [4.69, 9.17) is 0 Å². The number of halogens is 5. The van der Waals surface area contributed by atoms with Crippen molar-refractivity contribution in [2.75, 3.05) is 6.54 Å². The quantitative estimate of drug-likeness (QED) is 0.765. The number of piperidine rings is 1. The molecular formula is C12H12F5N. The second-order valence-electron chi connectivity index (χ2n) is 4.45. The molecule has 0 bridgehead atoms. The summed E-state index contributed by atoms with van der Waals surface area (Å²) in [7, 11) is 0. The summed E-state index contributed by atoms with van der Waals surface area (Å²) in [5, 5.41) is 2.73. The molecule has 0 aromatic heterocycles.